The summed E-state index contributed by atoms with van der Waals surface area (Å²) in [6.45, 7) is 1.85. The number of para-hydroxylation sites is 1. The van der Waals surface area contributed by atoms with E-state index in [1.807, 2.05) is 30.3 Å². The van der Waals surface area contributed by atoms with Crippen LogP contribution in [0.1, 0.15) is 25.7 Å². The van der Waals surface area contributed by atoms with Gasteiger partial charge in [-0.2, -0.15) is 8.61 Å². The van der Waals surface area contributed by atoms with Crippen LogP contribution in [0.25, 0.3) is 0 Å². The highest BCUT2D eigenvalue weighted by atomic mass is 32.2. The van der Waals surface area contributed by atoms with Crippen molar-refractivity contribution in [3.8, 4) is 0 Å². The van der Waals surface area contributed by atoms with E-state index in [0.29, 0.717) is 26.2 Å². The molecule has 0 spiro atoms. The Balaban J connectivity index is 1.45. The van der Waals surface area contributed by atoms with Crippen LogP contribution in [0.5, 0.6) is 0 Å². The summed E-state index contributed by atoms with van der Waals surface area (Å²) in [7, 11) is -7.24. The molecule has 2 fully saturated rings. The van der Waals surface area contributed by atoms with Gasteiger partial charge < -0.3 is 5.32 Å². The fourth-order valence-electron chi connectivity index (χ4n) is 4.02. The Morgan fingerprint density at radius 2 is 1.27 bits per heavy atom. The van der Waals surface area contributed by atoms with Gasteiger partial charge in [0.25, 0.3) is 0 Å². The van der Waals surface area contributed by atoms with Crippen molar-refractivity contribution in [2.24, 2.45) is 0 Å². The lowest BCUT2D eigenvalue weighted by Crippen LogP contribution is -2.35. The number of nitrogens with zero attached hydrogens (tertiary/aromatic N) is 2. The number of nitrogens with one attached hydrogen (secondary N) is 1. The Bertz CT molecular complexity index is 1060. The summed E-state index contributed by atoms with van der Waals surface area (Å²) in [6, 6.07) is 15.4. The molecule has 0 aromatic heterocycles. The van der Waals surface area contributed by atoms with E-state index in [9.17, 15) is 16.8 Å². The third-order valence-corrected chi connectivity index (χ3v) is 9.50. The predicted molar refractivity (Wildman–Crippen MR) is 116 cm³/mol. The van der Waals surface area contributed by atoms with E-state index in [2.05, 4.69) is 5.32 Å². The Hall–Kier alpha value is -1.94. The van der Waals surface area contributed by atoms with Crippen LogP contribution in [0.4, 0.5) is 5.69 Å². The number of benzene rings is 2. The Morgan fingerprint density at radius 1 is 0.700 bits per heavy atom. The first-order chi connectivity index (χ1) is 14.4. The summed E-state index contributed by atoms with van der Waals surface area (Å²) in [4.78, 5) is 0.272. The molecule has 0 aliphatic carbocycles. The van der Waals surface area contributed by atoms with Gasteiger partial charge in [0.05, 0.1) is 9.79 Å². The largest absolute Gasteiger partial charge is 0.381 e. The summed E-state index contributed by atoms with van der Waals surface area (Å²) in [5.41, 5.74) is 0.967. The standard InChI is InChI=1S/C21H27N3O4S2/c25-29(26,23-14-5-2-6-15-23)20-9-11-21(12-10-20)30(27,28)24-16-13-19(17-24)22-18-7-3-1-4-8-18/h1,3-4,7-12,19,22H,2,5-6,13-17H2. The Kier molecular flexibility index (Phi) is 6.15. The SMILES string of the molecule is O=S(=O)(c1ccc(S(=O)(=O)N2CCC(Nc3ccccc3)C2)cc1)N1CCCCC1. The molecule has 2 aromatic rings. The number of hydrogen-bond acceptors (Lipinski definition) is 5. The van der Waals surface area contributed by atoms with Gasteiger partial charge in [0.2, 0.25) is 20.0 Å². The average Bonchev–Trinajstić information content (AvgIpc) is 3.24. The summed E-state index contributed by atoms with van der Waals surface area (Å²) >= 11 is 0. The van der Waals surface area contributed by atoms with Gasteiger partial charge in [-0.05, 0) is 55.7 Å². The van der Waals surface area contributed by atoms with Gasteiger partial charge in [-0.15, -0.1) is 0 Å². The molecule has 4 rings (SSSR count). The molecule has 2 aliphatic rings. The number of piperidine rings is 1. The normalized spacial score (nSPS) is 21.5. The number of hydrogen-bond donors (Lipinski definition) is 1. The molecule has 0 radical (unpaired) electrons. The Labute approximate surface area is 178 Å². The number of sulfonamides is 2. The molecular formula is C21H27N3O4S2. The fourth-order valence-corrected chi connectivity index (χ4v) is 7.04. The molecule has 0 saturated carbocycles. The summed E-state index contributed by atoms with van der Waals surface area (Å²) < 4.78 is 54.6. The number of rotatable bonds is 6. The Morgan fingerprint density at radius 3 is 1.87 bits per heavy atom. The molecule has 0 bridgehead atoms. The van der Waals surface area contributed by atoms with Gasteiger partial charge in [0, 0.05) is 37.9 Å². The molecule has 162 valence electrons. The van der Waals surface area contributed by atoms with E-state index >= 15 is 0 Å². The fraction of sp³-hybridized carbons (Fsp3) is 0.429. The molecule has 2 aliphatic heterocycles. The van der Waals surface area contributed by atoms with Crippen LogP contribution in [0.2, 0.25) is 0 Å². The average molecular weight is 450 g/mol. The van der Waals surface area contributed by atoms with Crippen molar-refractivity contribution in [2.75, 3.05) is 31.5 Å². The third kappa shape index (κ3) is 4.39. The van der Waals surface area contributed by atoms with Crippen LogP contribution < -0.4 is 5.32 Å². The van der Waals surface area contributed by atoms with E-state index in [0.717, 1.165) is 31.4 Å². The topological polar surface area (TPSA) is 86.8 Å². The summed E-state index contributed by atoms with van der Waals surface area (Å²) in [6.07, 6.45) is 3.48. The van der Waals surface area contributed by atoms with E-state index in [1.54, 1.807) is 0 Å². The highest BCUT2D eigenvalue weighted by Gasteiger charge is 2.33. The lowest BCUT2D eigenvalue weighted by Gasteiger charge is -2.26. The zero-order chi connectivity index (χ0) is 21.2. The lowest BCUT2D eigenvalue weighted by molar-refractivity contribution is 0.346. The molecule has 2 heterocycles. The monoisotopic (exact) mass is 449 g/mol. The van der Waals surface area contributed by atoms with Crippen molar-refractivity contribution in [1.82, 2.24) is 8.61 Å². The third-order valence-electron chi connectivity index (χ3n) is 5.71. The minimum atomic E-state index is -3.67. The van der Waals surface area contributed by atoms with Crippen molar-refractivity contribution in [3.05, 3.63) is 54.6 Å². The van der Waals surface area contributed by atoms with Crippen molar-refractivity contribution >= 4 is 25.7 Å². The molecule has 0 amide bonds. The van der Waals surface area contributed by atoms with Gasteiger partial charge in [0.1, 0.15) is 0 Å². The van der Waals surface area contributed by atoms with Gasteiger partial charge in [-0.1, -0.05) is 24.6 Å². The first-order valence-corrected chi connectivity index (χ1v) is 13.2. The van der Waals surface area contributed by atoms with E-state index in [-0.39, 0.29) is 15.8 Å². The molecule has 1 unspecified atom stereocenters. The summed E-state index contributed by atoms with van der Waals surface area (Å²) in [5.74, 6) is 0. The molecule has 2 saturated heterocycles. The highest BCUT2D eigenvalue weighted by molar-refractivity contribution is 7.89. The van der Waals surface area contributed by atoms with Crippen molar-refractivity contribution in [3.63, 3.8) is 0 Å². The van der Waals surface area contributed by atoms with Crippen molar-refractivity contribution < 1.29 is 16.8 Å². The maximum absolute atomic E-state index is 13.0. The second-order valence-corrected chi connectivity index (χ2v) is 11.7. The van der Waals surface area contributed by atoms with Gasteiger partial charge >= 0.3 is 0 Å². The molecule has 1 N–H and O–H groups in total. The maximum atomic E-state index is 13.0. The van der Waals surface area contributed by atoms with Crippen molar-refractivity contribution in [1.29, 1.82) is 0 Å². The van der Waals surface area contributed by atoms with Crippen LogP contribution in [0, 0.1) is 0 Å². The van der Waals surface area contributed by atoms with Crippen molar-refractivity contribution in [2.45, 2.75) is 41.5 Å². The van der Waals surface area contributed by atoms with Crippen LogP contribution in [-0.2, 0) is 20.0 Å². The quantitative estimate of drug-likeness (QED) is 0.733. The zero-order valence-corrected chi connectivity index (χ0v) is 18.4. The van der Waals surface area contributed by atoms with Crippen LogP contribution in [0.15, 0.2) is 64.4 Å². The second kappa shape index (κ2) is 8.66. The van der Waals surface area contributed by atoms with Gasteiger partial charge in [0.15, 0.2) is 0 Å². The van der Waals surface area contributed by atoms with Crippen LogP contribution in [0.3, 0.4) is 0 Å². The lowest BCUT2D eigenvalue weighted by atomic mass is 10.2. The van der Waals surface area contributed by atoms with Gasteiger partial charge in [-0.25, -0.2) is 16.8 Å². The van der Waals surface area contributed by atoms with Crippen LogP contribution in [-0.4, -0.2) is 57.7 Å². The minimum absolute atomic E-state index is 0.0425. The van der Waals surface area contributed by atoms with E-state index in [4.69, 9.17) is 0 Å². The predicted octanol–water partition coefficient (Wildman–Crippen LogP) is 2.74. The molecule has 1 atom stereocenters. The first-order valence-electron chi connectivity index (χ1n) is 10.3. The summed E-state index contributed by atoms with van der Waals surface area (Å²) in [5, 5.41) is 3.37. The number of anilines is 1. The molecule has 30 heavy (non-hydrogen) atoms. The molecule has 7 nitrogen and oxygen atoms in total. The highest BCUT2D eigenvalue weighted by Crippen LogP contribution is 2.26. The molecular weight excluding hydrogens is 422 g/mol. The van der Waals surface area contributed by atoms with Crippen LogP contribution >= 0.6 is 0 Å². The smallest absolute Gasteiger partial charge is 0.243 e. The first kappa shape index (κ1) is 21.3. The van der Waals surface area contributed by atoms with E-state index < -0.39 is 20.0 Å². The minimum Gasteiger partial charge on any atom is -0.381 e. The van der Waals surface area contributed by atoms with E-state index in [1.165, 1.54) is 32.9 Å². The maximum Gasteiger partial charge on any atom is 0.243 e. The zero-order valence-electron chi connectivity index (χ0n) is 16.8. The molecule has 2 aromatic carbocycles. The van der Waals surface area contributed by atoms with Gasteiger partial charge in [-0.3, -0.25) is 0 Å². The second-order valence-electron chi connectivity index (χ2n) is 7.80. The molecule has 9 heteroatoms.